The number of aryl methyl sites for hydroxylation is 1. The van der Waals surface area contributed by atoms with Crippen LogP contribution in [0.1, 0.15) is 22.7 Å². The second-order valence-electron chi connectivity index (χ2n) is 5.11. The third kappa shape index (κ3) is 3.56. The predicted octanol–water partition coefficient (Wildman–Crippen LogP) is 3.52. The van der Waals surface area contributed by atoms with Crippen molar-refractivity contribution in [2.24, 2.45) is 0 Å². The van der Waals surface area contributed by atoms with E-state index in [1.54, 1.807) is 14.2 Å². The van der Waals surface area contributed by atoms with Crippen LogP contribution < -0.4 is 14.8 Å². The number of hydrogen-bond donors (Lipinski definition) is 1. The Balaban J connectivity index is 2.31. The van der Waals surface area contributed by atoms with Crippen molar-refractivity contribution in [2.45, 2.75) is 19.4 Å². The molecule has 3 heteroatoms. The van der Waals surface area contributed by atoms with Crippen molar-refractivity contribution in [2.75, 3.05) is 21.3 Å². The highest BCUT2D eigenvalue weighted by atomic mass is 16.5. The number of para-hydroxylation sites is 1. The van der Waals surface area contributed by atoms with E-state index in [4.69, 9.17) is 9.47 Å². The van der Waals surface area contributed by atoms with Crippen LogP contribution in [0.4, 0.5) is 0 Å². The van der Waals surface area contributed by atoms with Crippen molar-refractivity contribution in [3.05, 3.63) is 59.2 Å². The van der Waals surface area contributed by atoms with Gasteiger partial charge in [0.2, 0.25) is 0 Å². The lowest BCUT2D eigenvalue weighted by atomic mass is 9.97. The molecule has 0 spiro atoms. The molecule has 2 aromatic rings. The van der Waals surface area contributed by atoms with Crippen LogP contribution in [0.2, 0.25) is 0 Å². The lowest BCUT2D eigenvalue weighted by molar-refractivity contribution is 0.347. The standard InChI is InChI=1S/C18H23NO2/c1-13-8-10-14(11-9-13)12-16(19-2)15-6-5-7-17(20-3)18(15)21-4/h5-11,16,19H,12H2,1-4H3. The minimum Gasteiger partial charge on any atom is -0.493 e. The zero-order chi connectivity index (χ0) is 15.2. The van der Waals surface area contributed by atoms with E-state index in [0.29, 0.717) is 0 Å². The molecule has 3 nitrogen and oxygen atoms in total. The van der Waals surface area contributed by atoms with Crippen LogP contribution in [0.3, 0.4) is 0 Å². The summed E-state index contributed by atoms with van der Waals surface area (Å²) in [5, 5.41) is 3.37. The first-order chi connectivity index (χ1) is 10.2. The SMILES string of the molecule is CNC(Cc1ccc(C)cc1)c1cccc(OC)c1OC. The number of ether oxygens (including phenoxy) is 2. The van der Waals surface area contributed by atoms with Crippen molar-refractivity contribution in [1.82, 2.24) is 5.32 Å². The first-order valence-corrected chi connectivity index (χ1v) is 7.13. The number of rotatable bonds is 6. The molecule has 0 aliphatic carbocycles. The largest absolute Gasteiger partial charge is 0.493 e. The van der Waals surface area contributed by atoms with E-state index in [2.05, 4.69) is 42.6 Å². The van der Waals surface area contributed by atoms with Crippen molar-refractivity contribution in [1.29, 1.82) is 0 Å². The quantitative estimate of drug-likeness (QED) is 0.881. The Kier molecular flexibility index (Phi) is 5.23. The van der Waals surface area contributed by atoms with Gasteiger partial charge in [0.15, 0.2) is 11.5 Å². The van der Waals surface area contributed by atoms with Crippen LogP contribution >= 0.6 is 0 Å². The Morgan fingerprint density at radius 3 is 2.29 bits per heavy atom. The van der Waals surface area contributed by atoms with Gasteiger partial charge in [0.05, 0.1) is 14.2 Å². The minimum absolute atomic E-state index is 0.178. The third-order valence-corrected chi connectivity index (χ3v) is 3.72. The number of methoxy groups -OCH3 is 2. The smallest absolute Gasteiger partial charge is 0.165 e. The molecule has 0 saturated carbocycles. The molecule has 0 bridgehead atoms. The Morgan fingerprint density at radius 1 is 1.00 bits per heavy atom. The van der Waals surface area contributed by atoms with Gasteiger partial charge in [-0.15, -0.1) is 0 Å². The van der Waals surface area contributed by atoms with E-state index < -0.39 is 0 Å². The van der Waals surface area contributed by atoms with Gasteiger partial charge in [-0.2, -0.15) is 0 Å². The summed E-state index contributed by atoms with van der Waals surface area (Å²) in [6, 6.07) is 14.8. The summed E-state index contributed by atoms with van der Waals surface area (Å²) in [6.45, 7) is 2.10. The lowest BCUT2D eigenvalue weighted by Crippen LogP contribution is -2.19. The molecule has 2 rings (SSSR count). The predicted molar refractivity (Wildman–Crippen MR) is 86.2 cm³/mol. The van der Waals surface area contributed by atoms with Gasteiger partial charge in [0.1, 0.15) is 0 Å². The van der Waals surface area contributed by atoms with Gasteiger partial charge in [0, 0.05) is 11.6 Å². The third-order valence-electron chi connectivity index (χ3n) is 3.72. The van der Waals surface area contributed by atoms with Crippen LogP contribution in [-0.4, -0.2) is 21.3 Å². The summed E-state index contributed by atoms with van der Waals surface area (Å²) in [5.74, 6) is 1.56. The monoisotopic (exact) mass is 285 g/mol. The van der Waals surface area contributed by atoms with Gasteiger partial charge < -0.3 is 14.8 Å². The summed E-state index contributed by atoms with van der Waals surface area (Å²) >= 11 is 0. The highest BCUT2D eigenvalue weighted by molar-refractivity contribution is 5.48. The first kappa shape index (κ1) is 15.4. The molecule has 0 fully saturated rings. The van der Waals surface area contributed by atoms with E-state index in [1.807, 2.05) is 19.2 Å². The van der Waals surface area contributed by atoms with E-state index in [1.165, 1.54) is 11.1 Å². The molecule has 0 radical (unpaired) electrons. The average molecular weight is 285 g/mol. The molecule has 112 valence electrons. The lowest BCUT2D eigenvalue weighted by Gasteiger charge is -2.21. The molecule has 0 aliphatic heterocycles. The topological polar surface area (TPSA) is 30.5 Å². The van der Waals surface area contributed by atoms with Gasteiger partial charge in [-0.1, -0.05) is 42.0 Å². The summed E-state index contributed by atoms with van der Waals surface area (Å²) in [4.78, 5) is 0. The Bertz CT molecular complexity index is 578. The summed E-state index contributed by atoms with van der Waals surface area (Å²) in [7, 11) is 5.31. The highest BCUT2D eigenvalue weighted by Crippen LogP contribution is 2.35. The van der Waals surface area contributed by atoms with Gasteiger partial charge >= 0.3 is 0 Å². The normalized spacial score (nSPS) is 12.0. The Hall–Kier alpha value is -2.00. The molecule has 0 saturated heterocycles. The average Bonchev–Trinajstić information content (AvgIpc) is 2.53. The zero-order valence-corrected chi connectivity index (χ0v) is 13.1. The molecular weight excluding hydrogens is 262 g/mol. The molecule has 0 heterocycles. The van der Waals surface area contributed by atoms with Gasteiger partial charge in [-0.05, 0) is 32.0 Å². The van der Waals surface area contributed by atoms with Crippen LogP contribution in [0.25, 0.3) is 0 Å². The molecule has 21 heavy (non-hydrogen) atoms. The van der Waals surface area contributed by atoms with Crippen LogP contribution in [0.5, 0.6) is 11.5 Å². The second-order valence-corrected chi connectivity index (χ2v) is 5.11. The zero-order valence-electron chi connectivity index (χ0n) is 13.1. The fourth-order valence-electron chi connectivity index (χ4n) is 2.51. The second kappa shape index (κ2) is 7.14. The number of hydrogen-bond acceptors (Lipinski definition) is 3. The molecule has 1 N–H and O–H groups in total. The summed E-state index contributed by atoms with van der Waals surface area (Å²) in [5.41, 5.74) is 3.68. The molecule has 2 aromatic carbocycles. The van der Waals surface area contributed by atoms with Gasteiger partial charge in [-0.25, -0.2) is 0 Å². The van der Waals surface area contributed by atoms with E-state index in [-0.39, 0.29) is 6.04 Å². The van der Waals surface area contributed by atoms with Crippen LogP contribution in [-0.2, 0) is 6.42 Å². The minimum atomic E-state index is 0.178. The van der Waals surface area contributed by atoms with Crippen LogP contribution in [0, 0.1) is 6.92 Å². The maximum Gasteiger partial charge on any atom is 0.165 e. The Labute approximate surface area is 126 Å². The number of benzene rings is 2. The Morgan fingerprint density at radius 2 is 1.71 bits per heavy atom. The van der Waals surface area contributed by atoms with E-state index >= 15 is 0 Å². The maximum absolute atomic E-state index is 5.54. The van der Waals surface area contributed by atoms with E-state index in [0.717, 1.165) is 23.5 Å². The fraction of sp³-hybridized carbons (Fsp3) is 0.333. The summed E-state index contributed by atoms with van der Waals surface area (Å²) < 4.78 is 10.9. The summed E-state index contributed by atoms with van der Waals surface area (Å²) in [6.07, 6.45) is 0.903. The molecule has 1 unspecified atom stereocenters. The number of likely N-dealkylation sites (N-methyl/N-ethyl adjacent to an activating group) is 1. The highest BCUT2D eigenvalue weighted by Gasteiger charge is 2.18. The first-order valence-electron chi connectivity index (χ1n) is 7.13. The van der Waals surface area contributed by atoms with Gasteiger partial charge in [-0.3, -0.25) is 0 Å². The van der Waals surface area contributed by atoms with Crippen molar-refractivity contribution in [3.8, 4) is 11.5 Å². The molecule has 1 atom stereocenters. The number of nitrogens with one attached hydrogen (secondary N) is 1. The maximum atomic E-state index is 5.54. The van der Waals surface area contributed by atoms with Crippen molar-refractivity contribution < 1.29 is 9.47 Å². The van der Waals surface area contributed by atoms with Crippen molar-refractivity contribution in [3.63, 3.8) is 0 Å². The van der Waals surface area contributed by atoms with Gasteiger partial charge in [0.25, 0.3) is 0 Å². The molecule has 0 aromatic heterocycles. The molecule has 0 amide bonds. The van der Waals surface area contributed by atoms with E-state index in [9.17, 15) is 0 Å². The molecule has 0 aliphatic rings. The van der Waals surface area contributed by atoms with Crippen molar-refractivity contribution >= 4 is 0 Å². The van der Waals surface area contributed by atoms with Crippen LogP contribution in [0.15, 0.2) is 42.5 Å². The fourth-order valence-corrected chi connectivity index (χ4v) is 2.51. The molecular formula is C18H23NO2.